The summed E-state index contributed by atoms with van der Waals surface area (Å²) < 4.78 is 0. The Morgan fingerprint density at radius 2 is 2.10 bits per heavy atom. The number of hydrogen-bond donors (Lipinski definition) is 2. The van der Waals surface area contributed by atoms with Crippen LogP contribution >= 0.6 is 0 Å². The van der Waals surface area contributed by atoms with Gasteiger partial charge in [-0.15, -0.1) is 0 Å². The van der Waals surface area contributed by atoms with E-state index in [4.69, 9.17) is 0 Å². The molecule has 1 aliphatic carbocycles. The highest BCUT2D eigenvalue weighted by Gasteiger charge is 2.20. The molecule has 112 valence electrons. The van der Waals surface area contributed by atoms with Crippen LogP contribution in [0.2, 0.25) is 0 Å². The number of H-pyrrole nitrogens is 1. The number of nitrogens with one attached hydrogen (secondary N) is 2. The number of carbonyl (C=O) groups excluding carboxylic acids is 1. The first kappa shape index (κ1) is 14.2. The van der Waals surface area contributed by atoms with Crippen molar-refractivity contribution in [1.82, 2.24) is 10.3 Å². The summed E-state index contributed by atoms with van der Waals surface area (Å²) in [6.07, 6.45) is 9.79. The Morgan fingerprint density at radius 3 is 2.95 bits per heavy atom. The van der Waals surface area contributed by atoms with Crippen molar-refractivity contribution >= 4 is 16.8 Å². The fourth-order valence-electron chi connectivity index (χ4n) is 2.89. The molecule has 0 atom stereocenters. The van der Waals surface area contributed by atoms with Gasteiger partial charge in [0, 0.05) is 30.1 Å². The van der Waals surface area contributed by atoms with Gasteiger partial charge in [0.1, 0.15) is 0 Å². The summed E-state index contributed by atoms with van der Waals surface area (Å²) in [6, 6.07) is 8.33. The number of rotatable bonds is 8. The number of hydrogen-bond acceptors (Lipinski definition) is 1. The summed E-state index contributed by atoms with van der Waals surface area (Å²) in [5, 5.41) is 4.32. The van der Waals surface area contributed by atoms with Gasteiger partial charge in [-0.25, -0.2) is 0 Å². The molecule has 2 aromatic rings. The first-order chi connectivity index (χ1) is 10.3. The van der Waals surface area contributed by atoms with Crippen molar-refractivity contribution < 1.29 is 4.79 Å². The molecule has 3 heteroatoms. The van der Waals surface area contributed by atoms with E-state index in [1.54, 1.807) is 0 Å². The van der Waals surface area contributed by atoms with Gasteiger partial charge in [-0.3, -0.25) is 4.79 Å². The number of fused-ring (bicyclic) bond motifs is 1. The number of aromatic nitrogens is 1. The normalized spacial score (nSPS) is 14.5. The Hall–Kier alpha value is -1.77. The van der Waals surface area contributed by atoms with Gasteiger partial charge in [-0.05, 0) is 43.2 Å². The molecule has 1 aliphatic rings. The SMILES string of the molecule is O=C(CCCc1c[nH]c2ccccc12)NCCCC1CC1. The first-order valence-electron chi connectivity index (χ1n) is 8.14. The molecule has 0 bridgehead atoms. The van der Waals surface area contributed by atoms with E-state index in [0.717, 1.165) is 31.7 Å². The minimum atomic E-state index is 0.200. The molecule has 0 radical (unpaired) electrons. The summed E-state index contributed by atoms with van der Waals surface area (Å²) in [5.74, 6) is 1.16. The van der Waals surface area contributed by atoms with Gasteiger partial charge in [0.2, 0.25) is 5.91 Å². The number of aryl methyl sites for hydroxylation is 1. The minimum Gasteiger partial charge on any atom is -0.361 e. The monoisotopic (exact) mass is 284 g/mol. The van der Waals surface area contributed by atoms with Gasteiger partial charge in [0.25, 0.3) is 0 Å². The zero-order valence-corrected chi connectivity index (χ0v) is 12.5. The van der Waals surface area contributed by atoms with Crippen molar-refractivity contribution in [1.29, 1.82) is 0 Å². The Labute approximate surface area is 126 Å². The lowest BCUT2D eigenvalue weighted by atomic mass is 10.1. The Morgan fingerprint density at radius 1 is 1.24 bits per heavy atom. The molecule has 1 aromatic heterocycles. The average molecular weight is 284 g/mol. The van der Waals surface area contributed by atoms with Crippen molar-refractivity contribution in [3.05, 3.63) is 36.0 Å². The highest BCUT2D eigenvalue weighted by atomic mass is 16.1. The molecule has 1 saturated carbocycles. The van der Waals surface area contributed by atoms with Crippen LogP contribution in [0.25, 0.3) is 10.9 Å². The summed E-state index contributed by atoms with van der Waals surface area (Å²) in [5.41, 5.74) is 2.49. The van der Waals surface area contributed by atoms with Crippen LogP contribution in [0, 0.1) is 5.92 Å². The van der Waals surface area contributed by atoms with E-state index >= 15 is 0 Å². The van der Waals surface area contributed by atoms with Crippen molar-refractivity contribution in [2.45, 2.75) is 44.9 Å². The predicted molar refractivity (Wildman–Crippen MR) is 86.2 cm³/mol. The average Bonchev–Trinajstić information content (AvgIpc) is 3.24. The molecule has 1 aromatic carbocycles. The van der Waals surface area contributed by atoms with E-state index in [9.17, 15) is 4.79 Å². The van der Waals surface area contributed by atoms with Gasteiger partial charge in [0.15, 0.2) is 0 Å². The third-order valence-corrected chi connectivity index (χ3v) is 4.33. The van der Waals surface area contributed by atoms with Crippen molar-refractivity contribution in [3.8, 4) is 0 Å². The molecule has 2 N–H and O–H groups in total. The van der Waals surface area contributed by atoms with Gasteiger partial charge in [0.05, 0.1) is 0 Å². The van der Waals surface area contributed by atoms with Crippen molar-refractivity contribution in [3.63, 3.8) is 0 Å². The van der Waals surface area contributed by atoms with Crippen LogP contribution in [0.5, 0.6) is 0 Å². The lowest BCUT2D eigenvalue weighted by Crippen LogP contribution is -2.24. The molecular formula is C18H24N2O. The smallest absolute Gasteiger partial charge is 0.220 e. The maximum Gasteiger partial charge on any atom is 0.220 e. The summed E-state index contributed by atoms with van der Waals surface area (Å²) in [6.45, 7) is 0.850. The second-order valence-electron chi connectivity index (χ2n) is 6.15. The van der Waals surface area contributed by atoms with Crippen molar-refractivity contribution in [2.75, 3.05) is 6.54 Å². The number of carbonyl (C=O) groups is 1. The Balaban J connectivity index is 1.36. The Kier molecular flexibility index (Phi) is 4.59. The lowest BCUT2D eigenvalue weighted by molar-refractivity contribution is -0.121. The molecule has 0 saturated heterocycles. The lowest BCUT2D eigenvalue weighted by Gasteiger charge is -2.04. The molecule has 0 aliphatic heterocycles. The van der Waals surface area contributed by atoms with Crippen LogP contribution in [0.4, 0.5) is 0 Å². The maximum atomic E-state index is 11.8. The van der Waals surface area contributed by atoms with E-state index < -0.39 is 0 Å². The number of amides is 1. The summed E-state index contributed by atoms with van der Waals surface area (Å²) >= 11 is 0. The quantitative estimate of drug-likeness (QED) is 0.712. The molecule has 21 heavy (non-hydrogen) atoms. The zero-order chi connectivity index (χ0) is 14.5. The van der Waals surface area contributed by atoms with Crippen molar-refractivity contribution in [2.24, 2.45) is 5.92 Å². The molecule has 0 spiro atoms. The van der Waals surface area contributed by atoms with Gasteiger partial charge >= 0.3 is 0 Å². The number of para-hydroxylation sites is 1. The molecule has 1 fully saturated rings. The van der Waals surface area contributed by atoms with E-state index in [-0.39, 0.29) is 5.91 Å². The largest absolute Gasteiger partial charge is 0.361 e. The molecule has 3 rings (SSSR count). The second-order valence-corrected chi connectivity index (χ2v) is 6.15. The second kappa shape index (κ2) is 6.79. The summed E-state index contributed by atoms with van der Waals surface area (Å²) in [7, 11) is 0. The molecule has 1 amide bonds. The third-order valence-electron chi connectivity index (χ3n) is 4.33. The fraction of sp³-hybridized carbons (Fsp3) is 0.500. The van der Waals surface area contributed by atoms with E-state index in [0.29, 0.717) is 6.42 Å². The highest BCUT2D eigenvalue weighted by Crippen LogP contribution is 2.33. The van der Waals surface area contributed by atoms with Crippen LogP contribution < -0.4 is 5.32 Å². The van der Waals surface area contributed by atoms with Gasteiger partial charge < -0.3 is 10.3 Å². The molecular weight excluding hydrogens is 260 g/mol. The molecule has 0 unspecified atom stereocenters. The minimum absolute atomic E-state index is 0.200. The standard InChI is InChI=1S/C18H24N2O/c21-18(19-12-4-5-14-10-11-14)9-3-6-15-13-20-17-8-2-1-7-16(15)17/h1-2,7-8,13-14,20H,3-6,9-12H2,(H,19,21). The molecule has 3 nitrogen and oxygen atoms in total. The van der Waals surface area contributed by atoms with Crippen LogP contribution in [-0.4, -0.2) is 17.4 Å². The van der Waals surface area contributed by atoms with Gasteiger partial charge in [-0.1, -0.05) is 31.0 Å². The van der Waals surface area contributed by atoms with Crippen LogP contribution in [0.1, 0.15) is 44.1 Å². The van der Waals surface area contributed by atoms with E-state index in [2.05, 4.69) is 34.7 Å². The van der Waals surface area contributed by atoms with Crippen LogP contribution in [0.3, 0.4) is 0 Å². The Bertz CT molecular complexity index is 598. The maximum absolute atomic E-state index is 11.8. The van der Waals surface area contributed by atoms with Crippen LogP contribution in [-0.2, 0) is 11.2 Å². The number of benzene rings is 1. The van der Waals surface area contributed by atoms with Gasteiger partial charge in [-0.2, -0.15) is 0 Å². The summed E-state index contributed by atoms with van der Waals surface area (Å²) in [4.78, 5) is 15.1. The topological polar surface area (TPSA) is 44.9 Å². The van der Waals surface area contributed by atoms with E-state index in [1.165, 1.54) is 35.7 Å². The van der Waals surface area contributed by atoms with Crippen LogP contribution in [0.15, 0.2) is 30.5 Å². The predicted octanol–water partition coefficient (Wildman–Crippen LogP) is 3.80. The highest BCUT2D eigenvalue weighted by molar-refractivity contribution is 5.83. The molecule has 1 heterocycles. The zero-order valence-electron chi connectivity index (χ0n) is 12.5. The van der Waals surface area contributed by atoms with E-state index in [1.807, 2.05) is 6.07 Å². The fourth-order valence-corrected chi connectivity index (χ4v) is 2.89. The number of aromatic amines is 1. The third kappa shape index (κ3) is 4.10. The first-order valence-corrected chi connectivity index (χ1v) is 8.14.